The van der Waals surface area contributed by atoms with Gasteiger partial charge >= 0.3 is 0 Å². The first kappa shape index (κ1) is 6.70. The third kappa shape index (κ3) is 1.11. The number of imidazole rings is 1. The quantitative estimate of drug-likeness (QED) is 0.693. The Morgan fingerprint density at radius 2 is 2.45 bits per heavy atom. The van der Waals surface area contributed by atoms with Gasteiger partial charge in [0, 0.05) is 18.7 Å². The number of nitrogens with two attached hydrogens (primary N) is 1. The van der Waals surface area contributed by atoms with Crippen LogP contribution in [0.25, 0.3) is 0 Å². The first-order chi connectivity index (χ1) is 5.31. The highest BCUT2D eigenvalue weighted by molar-refractivity contribution is 5.27. The zero-order valence-corrected chi connectivity index (χ0v) is 6.75. The van der Waals surface area contributed by atoms with Gasteiger partial charge in [0.25, 0.3) is 0 Å². The summed E-state index contributed by atoms with van der Waals surface area (Å²) in [6.07, 6.45) is 5.52. The zero-order chi connectivity index (χ0) is 7.84. The number of rotatable bonds is 2. The molecule has 0 radical (unpaired) electrons. The number of aromatic nitrogens is 2. The highest BCUT2D eigenvalue weighted by Crippen LogP contribution is 2.36. The molecule has 2 N–H and O–H groups in total. The Kier molecular flexibility index (Phi) is 1.37. The van der Waals surface area contributed by atoms with Crippen LogP contribution in [-0.4, -0.2) is 9.55 Å². The highest BCUT2D eigenvalue weighted by Gasteiger charge is 2.25. The fourth-order valence-electron chi connectivity index (χ4n) is 1.38. The van der Waals surface area contributed by atoms with Crippen molar-refractivity contribution in [2.24, 2.45) is 0 Å². The minimum absolute atomic E-state index is 0.661. The van der Waals surface area contributed by atoms with E-state index in [1.54, 1.807) is 0 Å². The summed E-state index contributed by atoms with van der Waals surface area (Å²) in [5, 5.41) is 0. The van der Waals surface area contributed by atoms with Crippen LogP contribution in [0.1, 0.15) is 31.6 Å². The van der Waals surface area contributed by atoms with Crippen LogP contribution in [0, 0.1) is 0 Å². The Hall–Kier alpha value is -0.990. The minimum Gasteiger partial charge on any atom is -0.382 e. The molecule has 0 bridgehead atoms. The van der Waals surface area contributed by atoms with Crippen LogP contribution in [0.3, 0.4) is 0 Å². The van der Waals surface area contributed by atoms with E-state index in [4.69, 9.17) is 5.73 Å². The Bertz CT molecular complexity index is 260. The topological polar surface area (TPSA) is 43.8 Å². The average molecular weight is 151 g/mol. The minimum atomic E-state index is 0.661. The monoisotopic (exact) mass is 151 g/mol. The number of aryl methyl sites for hydroxylation is 1. The van der Waals surface area contributed by atoms with Crippen molar-refractivity contribution in [3.05, 3.63) is 12.0 Å². The summed E-state index contributed by atoms with van der Waals surface area (Å²) >= 11 is 0. The third-order valence-corrected chi connectivity index (χ3v) is 2.08. The molecule has 2 rings (SSSR count). The standard InChI is InChI=1S/C8H13N3/c1-2-8-10-7(9)5-11(8)6-3-4-6/h5-6H,2-4,9H2,1H3. The molecule has 3 nitrogen and oxygen atoms in total. The Labute approximate surface area is 66.2 Å². The van der Waals surface area contributed by atoms with E-state index < -0.39 is 0 Å². The number of anilines is 1. The van der Waals surface area contributed by atoms with Crippen molar-refractivity contribution in [3.63, 3.8) is 0 Å². The van der Waals surface area contributed by atoms with E-state index in [-0.39, 0.29) is 0 Å². The van der Waals surface area contributed by atoms with Gasteiger partial charge in [-0.2, -0.15) is 0 Å². The van der Waals surface area contributed by atoms with Crippen LogP contribution in [0.15, 0.2) is 6.20 Å². The molecule has 11 heavy (non-hydrogen) atoms. The molecule has 1 aromatic heterocycles. The molecule has 1 aliphatic rings. The van der Waals surface area contributed by atoms with Crippen LogP contribution < -0.4 is 5.73 Å². The van der Waals surface area contributed by atoms with Gasteiger partial charge in [-0.15, -0.1) is 0 Å². The fourth-order valence-corrected chi connectivity index (χ4v) is 1.38. The lowest BCUT2D eigenvalue weighted by molar-refractivity contribution is 0.688. The van der Waals surface area contributed by atoms with Gasteiger partial charge in [0.15, 0.2) is 0 Å². The van der Waals surface area contributed by atoms with Gasteiger partial charge in [-0.3, -0.25) is 0 Å². The molecule has 1 aromatic rings. The molecule has 1 aliphatic carbocycles. The van der Waals surface area contributed by atoms with Crippen molar-refractivity contribution in [2.75, 3.05) is 5.73 Å². The second-order valence-electron chi connectivity index (χ2n) is 3.07. The molecular formula is C8H13N3. The molecule has 0 aliphatic heterocycles. The molecule has 1 saturated carbocycles. The van der Waals surface area contributed by atoms with E-state index in [1.165, 1.54) is 12.8 Å². The maximum atomic E-state index is 5.59. The number of hydrogen-bond donors (Lipinski definition) is 1. The second kappa shape index (κ2) is 2.26. The summed E-state index contributed by atoms with van der Waals surface area (Å²) in [5.74, 6) is 1.79. The molecule has 1 fully saturated rings. The smallest absolute Gasteiger partial charge is 0.141 e. The van der Waals surface area contributed by atoms with E-state index in [1.807, 2.05) is 6.20 Å². The van der Waals surface area contributed by atoms with Crippen LogP contribution >= 0.6 is 0 Å². The van der Waals surface area contributed by atoms with Gasteiger partial charge in [-0.25, -0.2) is 4.98 Å². The van der Waals surface area contributed by atoms with Gasteiger partial charge in [-0.1, -0.05) is 6.92 Å². The molecule has 60 valence electrons. The Morgan fingerprint density at radius 3 is 3.00 bits per heavy atom. The molecule has 0 unspecified atom stereocenters. The largest absolute Gasteiger partial charge is 0.382 e. The van der Waals surface area contributed by atoms with Gasteiger partial charge in [0.1, 0.15) is 11.6 Å². The Balaban J connectivity index is 2.34. The fraction of sp³-hybridized carbons (Fsp3) is 0.625. The average Bonchev–Trinajstić information content (AvgIpc) is 2.75. The normalized spacial score (nSPS) is 17.2. The highest BCUT2D eigenvalue weighted by atomic mass is 15.1. The number of hydrogen-bond acceptors (Lipinski definition) is 2. The van der Waals surface area contributed by atoms with Crippen molar-refractivity contribution < 1.29 is 0 Å². The van der Waals surface area contributed by atoms with Crippen LogP contribution in [0.5, 0.6) is 0 Å². The van der Waals surface area contributed by atoms with Crippen molar-refractivity contribution >= 4 is 5.82 Å². The maximum Gasteiger partial charge on any atom is 0.141 e. The van der Waals surface area contributed by atoms with Crippen LogP contribution in [0.4, 0.5) is 5.82 Å². The first-order valence-corrected chi connectivity index (χ1v) is 4.14. The van der Waals surface area contributed by atoms with Gasteiger partial charge < -0.3 is 10.3 Å². The summed E-state index contributed by atoms with van der Waals surface area (Å²) in [6, 6.07) is 0.703. The van der Waals surface area contributed by atoms with E-state index in [0.717, 1.165) is 12.2 Å². The van der Waals surface area contributed by atoms with Gasteiger partial charge in [-0.05, 0) is 12.8 Å². The first-order valence-electron chi connectivity index (χ1n) is 4.14. The van der Waals surface area contributed by atoms with E-state index in [2.05, 4.69) is 16.5 Å². The third-order valence-electron chi connectivity index (χ3n) is 2.08. The number of nitrogens with zero attached hydrogens (tertiary/aromatic N) is 2. The SMILES string of the molecule is CCc1nc(N)cn1C1CC1. The molecule has 3 heteroatoms. The van der Waals surface area contributed by atoms with Gasteiger partial charge in [0.05, 0.1) is 0 Å². The lowest BCUT2D eigenvalue weighted by Gasteiger charge is -2.01. The summed E-state index contributed by atoms with van der Waals surface area (Å²) in [4.78, 5) is 4.23. The summed E-state index contributed by atoms with van der Waals surface area (Å²) in [6.45, 7) is 2.11. The molecule has 0 amide bonds. The van der Waals surface area contributed by atoms with Crippen molar-refractivity contribution in [1.82, 2.24) is 9.55 Å². The molecule has 0 saturated heterocycles. The molecule has 0 spiro atoms. The lowest BCUT2D eigenvalue weighted by Crippen LogP contribution is -1.98. The van der Waals surface area contributed by atoms with Crippen molar-refractivity contribution in [2.45, 2.75) is 32.2 Å². The molecule has 0 atom stereocenters. The molecule has 0 aromatic carbocycles. The van der Waals surface area contributed by atoms with Crippen molar-refractivity contribution in [3.8, 4) is 0 Å². The molecule has 1 heterocycles. The summed E-state index contributed by atoms with van der Waals surface area (Å²) in [7, 11) is 0. The van der Waals surface area contributed by atoms with Gasteiger partial charge in [0.2, 0.25) is 0 Å². The van der Waals surface area contributed by atoms with E-state index >= 15 is 0 Å². The van der Waals surface area contributed by atoms with Crippen molar-refractivity contribution in [1.29, 1.82) is 0 Å². The maximum absolute atomic E-state index is 5.59. The summed E-state index contributed by atoms with van der Waals surface area (Å²) in [5.41, 5.74) is 5.59. The van der Waals surface area contributed by atoms with Crippen LogP contribution in [-0.2, 0) is 6.42 Å². The predicted octanol–water partition coefficient (Wildman–Crippen LogP) is 1.36. The number of nitrogen functional groups attached to an aromatic ring is 1. The zero-order valence-electron chi connectivity index (χ0n) is 6.75. The molecular weight excluding hydrogens is 138 g/mol. The van der Waals surface area contributed by atoms with E-state index in [0.29, 0.717) is 11.9 Å². The lowest BCUT2D eigenvalue weighted by atomic mass is 10.4. The summed E-state index contributed by atoms with van der Waals surface area (Å²) < 4.78 is 2.22. The second-order valence-corrected chi connectivity index (χ2v) is 3.07. The van der Waals surface area contributed by atoms with E-state index in [9.17, 15) is 0 Å². The Morgan fingerprint density at radius 1 is 1.73 bits per heavy atom. The predicted molar refractivity (Wildman–Crippen MR) is 44.3 cm³/mol. The van der Waals surface area contributed by atoms with Crippen LogP contribution in [0.2, 0.25) is 0 Å².